The SMILES string of the molecule is Cc1nc2ccc(C(=O)NCCCCc3ccc4c(c3)OCCO4)cc2nc1C. The lowest BCUT2D eigenvalue weighted by Crippen LogP contribution is -2.24. The number of unbranched alkanes of at least 4 members (excludes halogenated alkanes) is 1. The first-order chi connectivity index (χ1) is 14.1. The zero-order valence-electron chi connectivity index (χ0n) is 16.8. The van der Waals surface area contributed by atoms with E-state index < -0.39 is 0 Å². The Morgan fingerprint density at radius 1 is 0.931 bits per heavy atom. The molecule has 1 N–H and O–H groups in total. The minimum Gasteiger partial charge on any atom is -0.486 e. The van der Waals surface area contributed by atoms with Crippen LogP contribution in [0.2, 0.25) is 0 Å². The molecular weight excluding hydrogens is 366 g/mol. The molecule has 150 valence electrons. The van der Waals surface area contributed by atoms with E-state index in [1.807, 2.05) is 32.0 Å². The first kappa shape index (κ1) is 19.2. The molecule has 0 fully saturated rings. The predicted molar refractivity (Wildman–Crippen MR) is 112 cm³/mol. The summed E-state index contributed by atoms with van der Waals surface area (Å²) in [6, 6.07) is 11.6. The van der Waals surface area contributed by atoms with Gasteiger partial charge in [-0.05, 0) is 69.0 Å². The van der Waals surface area contributed by atoms with Crippen LogP contribution in [0.25, 0.3) is 11.0 Å². The van der Waals surface area contributed by atoms with Crippen molar-refractivity contribution >= 4 is 16.9 Å². The van der Waals surface area contributed by atoms with Crippen molar-refractivity contribution in [3.63, 3.8) is 0 Å². The third-order valence-electron chi connectivity index (χ3n) is 5.12. The molecule has 1 aromatic heterocycles. The maximum atomic E-state index is 12.4. The highest BCUT2D eigenvalue weighted by molar-refractivity contribution is 5.97. The summed E-state index contributed by atoms with van der Waals surface area (Å²) in [6.07, 6.45) is 2.84. The van der Waals surface area contributed by atoms with E-state index in [9.17, 15) is 4.79 Å². The highest BCUT2D eigenvalue weighted by atomic mass is 16.6. The van der Waals surface area contributed by atoms with Gasteiger partial charge in [-0.2, -0.15) is 0 Å². The lowest BCUT2D eigenvalue weighted by Gasteiger charge is -2.18. The van der Waals surface area contributed by atoms with Gasteiger partial charge < -0.3 is 14.8 Å². The number of nitrogens with one attached hydrogen (secondary N) is 1. The summed E-state index contributed by atoms with van der Waals surface area (Å²) >= 11 is 0. The first-order valence-corrected chi connectivity index (χ1v) is 10.0. The van der Waals surface area contributed by atoms with E-state index in [2.05, 4.69) is 21.4 Å². The van der Waals surface area contributed by atoms with Crippen LogP contribution < -0.4 is 14.8 Å². The lowest BCUT2D eigenvalue weighted by atomic mass is 10.1. The van der Waals surface area contributed by atoms with E-state index in [0.29, 0.717) is 25.3 Å². The molecule has 0 radical (unpaired) electrons. The van der Waals surface area contributed by atoms with Crippen molar-refractivity contribution in [2.75, 3.05) is 19.8 Å². The summed E-state index contributed by atoms with van der Waals surface area (Å²) in [6.45, 7) is 5.71. The zero-order valence-corrected chi connectivity index (χ0v) is 16.8. The number of fused-ring (bicyclic) bond motifs is 2. The van der Waals surface area contributed by atoms with Gasteiger partial charge in [-0.25, -0.2) is 9.97 Å². The maximum Gasteiger partial charge on any atom is 0.251 e. The third kappa shape index (κ3) is 4.47. The number of amides is 1. The fourth-order valence-electron chi connectivity index (χ4n) is 3.37. The van der Waals surface area contributed by atoms with Crippen molar-refractivity contribution in [1.82, 2.24) is 15.3 Å². The van der Waals surface area contributed by atoms with Crippen LogP contribution in [0.4, 0.5) is 0 Å². The van der Waals surface area contributed by atoms with E-state index in [0.717, 1.165) is 53.2 Å². The van der Waals surface area contributed by atoms with Crippen LogP contribution in [-0.4, -0.2) is 35.6 Å². The summed E-state index contributed by atoms with van der Waals surface area (Å²) in [5, 5.41) is 2.99. The van der Waals surface area contributed by atoms with E-state index >= 15 is 0 Å². The Morgan fingerprint density at radius 2 is 1.69 bits per heavy atom. The number of carbonyl (C=O) groups is 1. The molecule has 6 heteroatoms. The summed E-state index contributed by atoms with van der Waals surface area (Å²) < 4.78 is 11.2. The lowest BCUT2D eigenvalue weighted by molar-refractivity contribution is 0.0953. The average molecular weight is 391 g/mol. The minimum atomic E-state index is -0.0775. The number of carbonyl (C=O) groups excluding carboxylic acids is 1. The zero-order chi connectivity index (χ0) is 20.2. The molecule has 4 rings (SSSR count). The Balaban J connectivity index is 1.27. The Bertz CT molecular complexity index is 1050. The van der Waals surface area contributed by atoms with Gasteiger partial charge >= 0.3 is 0 Å². The second kappa shape index (κ2) is 8.47. The van der Waals surface area contributed by atoms with Gasteiger partial charge in [0.2, 0.25) is 0 Å². The van der Waals surface area contributed by atoms with Gasteiger partial charge in [0.1, 0.15) is 13.2 Å². The summed E-state index contributed by atoms with van der Waals surface area (Å²) in [5.74, 6) is 1.57. The molecule has 2 heterocycles. The van der Waals surface area contributed by atoms with Crippen LogP contribution in [0.1, 0.15) is 40.2 Å². The van der Waals surface area contributed by atoms with Crippen molar-refractivity contribution < 1.29 is 14.3 Å². The Kier molecular flexibility index (Phi) is 5.60. The van der Waals surface area contributed by atoms with E-state index in [1.165, 1.54) is 5.56 Å². The molecule has 0 saturated carbocycles. The van der Waals surface area contributed by atoms with Gasteiger partial charge in [-0.3, -0.25) is 4.79 Å². The monoisotopic (exact) mass is 391 g/mol. The standard InChI is InChI=1S/C23H25N3O3/c1-15-16(2)26-20-14-18(7-8-19(20)25-15)23(27)24-10-4-3-5-17-6-9-21-22(13-17)29-12-11-28-21/h6-9,13-14H,3-5,10-12H2,1-2H3,(H,24,27). The third-order valence-corrected chi connectivity index (χ3v) is 5.12. The molecule has 6 nitrogen and oxygen atoms in total. The number of rotatable bonds is 6. The molecular formula is C23H25N3O3. The number of aryl methyl sites for hydroxylation is 3. The smallest absolute Gasteiger partial charge is 0.251 e. The maximum absolute atomic E-state index is 12.4. The topological polar surface area (TPSA) is 73.3 Å². The van der Waals surface area contributed by atoms with Gasteiger partial charge in [-0.15, -0.1) is 0 Å². The van der Waals surface area contributed by atoms with Crippen molar-refractivity contribution in [2.45, 2.75) is 33.1 Å². The summed E-state index contributed by atoms with van der Waals surface area (Å²) in [5.41, 5.74) is 5.19. The second-order valence-corrected chi connectivity index (χ2v) is 7.29. The van der Waals surface area contributed by atoms with Crippen LogP contribution in [-0.2, 0) is 6.42 Å². The minimum absolute atomic E-state index is 0.0775. The van der Waals surface area contributed by atoms with E-state index in [-0.39, 0.29) is 5.91 Å². The second-order valence-electron chi connectivity index (χ2n) is 7.29. The number of nitrogens with zero attached hydrogens (tertiary/aromatic N) is 2. The highest BCUT2D eigenvalue weighted by Gasteiger charge is 2.12. The largest absolute Gasteiger partial charge is 0.486 e. The number of aromatic nitrogens is 2. The number of hydrogen-bond acceptors (Lipinski definition) is 5. The van der Waals surface area contributed by atoms with Crippen molar-refractivity contribution in [3.8, 4) is 11.5 Å². The molecule has 2 aromatic carbocycles. The molecule has 0 bridgehead atoms. The van der Waals surface area contributed by atoms with Gasteiger partial charge in [0.05, 0.1) is 22.4 Å². The Hall–Kier alpha value is -3.15. The van der Waals surface area contributed by atoms with Gasteiger partial charge in [0, 0.05) is 12.1 Å². The van der Waals surface area contributed by atoms with Crippen LogP contribution in [0.15, 0.2) is 36.4 Å². The number of benzene rings is 2. The van der Waals surface area contributed by atoms with Crippen LogP contribution in [0, 0.1) is 13.8 Å². The Labute approximate surface area is 170 Å². The van der Waals surface area contributed by atoms with Crippen molar-refractivity contribution in [3.05, 3.63) is 58.9 Å². The van der Waals surface area contributed by atoms with Crippen LogP contribution in [0.5, 0.6) is 11.5 Å². The number of ether oxygens (including phenoxy) is 2. The van der Waals surface area contributed by atoms with Crippen molar-refractivity contribution in [1.29, 1.82) is 0 Å². The molecule has 1 aliphatic rings. The first-order valence-electron chi connectivity index (χ1n) is 10.0. The van der Waals surface area contributed by atoms with Gasteiger partial charge in [0.25, 0.3) is 5.91 Å². The molecule has 1 aliphatic heterocycles. The highest BCUT2D eigenvalue weighted by Crippen LogP contribution is 2.31. The van der Waals surface area contributed by atoms with Crippen LogP contribution in [0.3, 0.4) is 0 Å². The van der Waals surface area contributed by atoms with E-state index in [1.54, 1.807) is 12.1 Å². The van der Waals surface area contributed by atoms with Crippen molar-refractivity contribution in [2.24, 2.45) is 0 Å². The molecule has 1 amide bonds. The van der Waals surface area contributed by atoms with Crippen LogP contribution >= 0.6 is 0 Å². The average Bonchev–Trinajstić information content (AvgIpc) is 2.73. The quantitative estimate of drug-likeness (QED) is 0.648. The predicted octanol–water partition coefficient (Wildman–Crippen LogP) is 3.77. The molecule has 29 heavy (non-hydrogen) atoms. The molecule has 3 aromatic rings. The molecule has 0 atom stereocenters. The molecule has 0 aliphatic carbocycles. The normalized spacial score (nSPS) is 12.8. The number of hydrogen-bond donors (Lipinski definition) is 1. The molecule has 0 spiro atoms. The van der Waals surface area contributed by atoms with Gasteiger partial charge in [-0.1, -0.05) is 6.07 Å². The Morgan fingerprint density at radius 3 is 2.52 bits per heavy atom. The fraction of sp³-hybridized carbons (Fsp3) is 0.348. The summed E-state index contributed by atoms with van der Waals surface area (Å²) in [4.78, 5) is 21.5. The molecule has 0 saturated heterocycles. The summed E-state index contributed by atoms with van der Waals surface area (Å²) in [7, 11) is 0. The van der Waals surface area contributed by atoms with Gasteiger partial charge in [0.15, 0.2) is 11.5 Å². The fourth-order valence-corrected chi connectivity index (χ4v) is 3.37. The van der Waals surface area contributed by atoms with E-state index in [4.69, 9.17) is 9.47 Å². The molecule has 0 unspecified atom stereocenters.